The van der Waals surface area contributed by atoms with Crippen molar-refractivity contribution in [1.82, 2.24) is 5.32 Å². The van der Waals surface area contributed by atoms with Crippen LogP contribution in [0.2, 0.25) is 0 Å². The summed E-state index contributed by atoms with van der Waals surface area (Å²) in [5.41, 5.74) is 1.47. The van der Waals surface area contributed by atoms with Gasteiger partial charge < -0.3 is 10.1 Å². The maximum Gasteiger partial charge on any atom is 0.120 e. The maximum absolute atomic E-state index is 6.21. The number of hydrogen-bond acceptors (Lipinski definition) is 2. The largest absolute Gasteiger partial charge is 0.490 e. The van der Waals surface area contributed by atoms with E-state index in [0.29, 0.717) is 12.1 Å². The Balaban J connectivity index is 2.05. The first-order valence-electron chi connectivity index (χ1n) is 7.17. The Morgan fingerprint density at radius 2 is 2.16 bits per heavy atom. The normalized spacial score (nSPS) is 29.9. The van der Waals surface area contributed by atoms with Gasteiger partial charge in [0.05, 0.1) is 0 Å². The van der Waals surface area contributed by atoms with Crippen LogP contribution in [-0.4, -0.2) is 18.7 Å². The van der Waals surface area contributed by atoms with Gasteiger partial charge in [-0.1, -0.05) is 36.7 Å². The molecule has 3 unspecified atom stereocenters. The maximum atomic E-state index is 6.21. The Labute approximate surface area is 125 Å². The third kappa shape index (κ3) is 2.82. The molecule has 0 amide bonds. The molecule has 1 aromatic rings. The summed E-state index contributed by atoms with van der Waals surface area (Å²) in [6.45, 7) is 9.89. The van der Waals surface area contributed by atoms with Crippen molar-refractivity contribution < 1.29 is 4.74 Å². The highest BCUT2D eigenvalue weighted by Crippen LogP contribution is 2.46. The zero-order valence-corrected chi connectivity index (χ0v) is 13.9. The van der Waals surface area contributed by atoms with Crippen molar-refractivity contribution in [3.05, 3.63) is 28.2 Å². The van der Waals surface area contributed by atoms with E-state index in [4.69, 9.17) is 4.74 Å². The molecular formula is C16H24BrNO. The van der Waals surface area contributed by atoms with E-state index in [1.165, 1.54) is 5.56 Å². The Kier molecular flexibility index (Phi) is 4.57. The molecule has 0 aliphatic heterocycles. The molecule has 19 heavy (non-hydrogen) atoms. The Bertz CT molecular complexity index is 448. The molecule has 0 heterocycles. The number of halogens is 1. The molecule has 3 heteroatoms. The molecule has 1 fully saturated rings. The third-order valence-electron chi connectivity index (χ3n) is 4.60. The molecular weight excluding hydrogens is 302 g/mol. The van der Waals surface area contributed by atoms with E-state index in [-0.39, 0.29) is 5.41 Å². The molecule has 1 N–H and O–H groups in total. The van der Waals surface area contributed by atoms with Gasteiger partial charge in [-0.25, -0.2) is 0 Å². The summed E-state index contributed by atoms with van der Waals surface area (Å²) in [7, 11) is 0. The number of aryl methyl sites for hydroxylation is 1. The molecule has 1 saturated carbocycles. The lowest BCUT2D eigenvalue weighted by Crippen LogP contribution is -2.63. The van der Waals surface area contributed by atoms with E-state index in [2.05, 4.69) is 61.1 Å². The number of benzene rings is 1. The Morgan fingerprint density at radius 3 is 2.74 bits per heavy atom. The first-order chi connectivity index (χ1) is 9.01. The number of hydrogen-bond donors (Lipinski definition) is 1. The Morgan fingerprint density at radius 1 is 1.42 bits per heavy atom. The average molecular weight is 326 g/mol. The smallest absolute Gasteiger partial charge is 0.120 e. The van der Waals surface area contributed by atoms with Crippen LogP contribution in [0.25, 0.3) is 0 Å². The van der Waals surface area contributed by atoms with Gasteiger partial charge in [-0.3, -0.25) is 0 Å². The average Bonchev–Trinajstić information content (AvgIpc) is 2.40. The molecule has 0 aromatic heterocycles. The molecule has 0 radical (unpaired) electrons. The van der Waals surface area contributed by atoms with Gasteiger partial charge in [0.2, 0.25) is 0 Å². The van der Waals surface area contributed by atoms with Crippen molar-refractivity contribution >= 4 is 15.9 Å². The van der Waals surface area contributed by atoms with Crippen LogP contribution in [0.15, 0.2) is 22.7 Å². The molecule has 106 valence electrons. The standard InChI is InChI=1S/C16H24BrNO/c1-5-16(4)14(18-6-2)10-15(16)19-12-7-8-13(17)11(3)9-12/h7-9,14-15,18H,5-6,10H2,1-4H3. The lowest BCUT2D eigenvalue weighted by atomic mass is 9.61. The summed E-state index contributed by atoms with van der Waals surface area (Å²) < 4.78 is 7.34. The number of ether oxygens (including phenoxy) is 1. The van der Waals surface area contributed by atoms with Crippen molar-refractivity contribution in [3.63, 3.8) is 0 Å². The van der Waals surface area contributed by atoms with Crippen molar-refractivity contribution in [3.8, 4) is 5.75 Å². The van der Waals surface area contributed by atoms with Gasteiger partial charge in [-0.15, -0.1) is 0 Å². The summed E-state index contributed by atoms with van der Waals surface area (Å²) in [4.78, 5) is 0. The van der Waals surface area contributed by atoms with Crippen LogP contribution in [0, 0.1) is 12.3 Å². The fourth-order valence-electron chi connectivity index (χ4n) is 2.89. The first kappa shape index (κ1) is 14.9. The lowest BCUT2D eigenvalue weighted by Gasteiger charge is -2.53. The molecule has 2 nitrogen and oxygen atoms in total. The Hall–Kier alpha value is -0.540. The highest BCUT2D eigenvalue weighted by atomic mass is 79.9. The molecule has 1 aliphatic rings. The minimum atomic E-state index is 0.247. The van der Waals surface area contributed by atoms with Crippen molar-refractivity contribution in [2.75, 3.05) is 6.54 Å². The van der Waals surface area contributed by atoms with Crippen molar-refractivity contribution in [2.24, 2.45) is 5.41 Å². The van der Waals surface area contributed by atoms with Gasteiger partial charge in [0.25, 0.3) is 0 Å². The van der Waals surface area contributed by atoms with E-state index < -0.39 is 0 Å². The summed E-state index contributed by atoms with van der Waals surface area (Å²) in [6, 6.07) is 6.81. The second kappa shape index (κ2) is 5.84. The lowest BCUT2D eigenvalue weighted by molar-refractivity contribution is -0.0697. The zero-order valence-electron chi connectivity index (χ0n) is 12.3. The van der Waals surface area contributed by atoms with Crippen LogP contribution in [-0.2, 0) is 0 Å². The van der Waals surface area contributed by atoms with Crippen LogP contribution in [0.4, 0.5) is 0 Å². The van der Waals surface area contributed by atoms with Crippen LogP contribution in [0.1, 0.15) is 39.2 Å². The minimum Gasteiger partial charge on any atom is -0.490 e. The summed E-state index contributed by atoms with van der Waals surface area (Å²) in [5, 5.41) is 3.57. The molecule has 2 rings (SSSR count). The van der Waals surface area contributed by atoms with Gasteiger partial charge in [-0.05, 0) is 43.7 Å². The van der Waals surface area contributed by atoms with Crippen LogP contribution >= 0.6 is 15.9 Å². The summed E-state index contributed by atoms with van der Waals surface area (Å²) >= 11 is 3.53. The highest BCUT2D eigenvalue weighted by molar-refractivity contribution is 9.10. The molecule has 0 spiro atoms. The quantitative estimate of drug-likeness (QED) is 0.871. The predicted molar refractivity (Wildman–Crippen MR) is 83.8 cm³/mol. The fraction of sp³-hybridized carbons (Fsp3) is 0.625. The van der Waals surface area contributed by atoms with Gasteiger partial charge in [0.1, 0.15) is 11.9 Å². The minimum absolute atomic E-state index is 0.247. The summed E-state index contributed by atoms with van der Waals surface area (Å²) in [6.07, 6.45) is 2.57. The van der Waals surface area contributed by atoms with Crippen molar-refractivity contribution in [2.45, 2.75) is 52.7 Å². The van der Waals surface area contributed by atoms with Gasteiger partial charge in [0, 0.05) is 22.4 Å². The van der Waals surface area contributed by atoms with E-state index in [1.807, 2.05) is 6.07 Å². The van der Waals surface area contributed by atoms with E-state index >= 15 is 0 Å². The molecule has 3 atom stereocenters. The second-order valence-electron chi connectivity index (χ2n) is 5.72. The summed E-state index contributed by atoms with van der Waals surface area (Å²) in [5.74, 6) is 0.986. The zero-order chi connectivity index (χ0) is 14.0. The topological polar surface area (TPSA) is 21.3 Å². The third-order valence-corrected chi connectivity index (χ3v) is 5.49. The molecule has 1 aliphatic carbocycles. The molecule has 0 saturated heterocycles. The van der Waals surface area contributed by atoms with Gasteiger partial charge in [-0.2, -0.15) is 0 Å². The first-order valence-corrected chi connectivity index (χ1v) is 7.96. The van der Waals surface area contributed by atoms with Gasteiger partial charge in [0.15, 0.2) is 0 Å². The van der Waals surface area contributed by atoms with Crippen LogP contribution in [0.3, 0.4) is 0 Å². The molecule has 1 aromatic carbocycles. The highest BCUT2D eigenvalue weighted by Gasteiger charge is 2.51. The SMILES string of the molecule is CCNC1CC(Oc2ccc(Br)c(C)c2)C1(C)CC. The van der Waals surface area contributed by atoms with Crippen LogP contribution < -0.4 is 10.1 Å². The van der Waals surface area contributed by atoms with Crippen LogP contribution in [0.5, 0.6) is 5.75 Å². The second-order valence-corrected chi connectivity index (χ2v) is 6.58. The number of rotatable bonds is 5. The monoisotopic (exact) mass is 325 g/mol. The van der Waals surface area contributed by atoms with E-state index in [1.54, 1.807) is 0 Å². The van der Waals surface area contributed by atoms with Gasteiger partial charge >= 0.3 is 0 Å². The van der Waals surface area contributed by atoms with Crippen molar-refractivity contribution in [1.29, 1.82) is 0 Å². The van der Waals surface area contributed by atoms with E-state index in [0.717, 1.165) is 29.6 Å². The predicted octanol–water partition coefficient (Wildman–Crippen LogP) is 4.30. The molecule has 0 bridgehead atoms. The number of nitrogens with one attached hydrogen (secondary N) is 1. The van der Waals surface area contributed by atoms with E-state index in [9.17, 15) is 0 Å². The fourth-order valence-corrected chi connectivity index (χ4v) is 3.14.